The van der Waals surface area contributed by atoms with E-state index in [0.717, 1.165) is 29.5 Å². The van der Waals surface area contributed by atoms with Crippen molar-refractivity contribution >= 4 is 33.6 Å². The molecule has 0 spiro atoms. The van der Waals surface area contributed by atoms with Gasteiger partial charge in [0.2, 0.25) is 0 Å². The molecule has 2 rings (SSSR count). The molecule has 2 atom stereocenters. The zero-order valence-electron chi connectivity index (χ0n) is 10.9. The van der Waals surface area contributed by atoms with Gasteiger partial charge in [0.05, 0.1) is 5.56 Å². The molecule has 19 heavy (non-hydrogen) atoms. The van der Waals surface area contributed by atoms with Gasteiger partial charge in [-0.2, -0.15) is 11.8 Å². The second-order valence-corrected chi connectivity index (χ2v) is 7.22. The second kappa shape index (κ2) is 6.66. The summed E-state index contributed by atoms with van der Waals surface area (Å²) in [6, 6.07) is 5.13. The summed E-state index contributed by atoms with van der Waals surface area (Å²) in [6.45, 7) is 2.16. The van der Waals surface area contributed by atoms with Crippen LogP contribution in [-0.2, 0) is 0 Å². The van der Waals surface area contributed by atoms with Crippen LogP contribution >= 0.6 is 27.7 Å². The fraction of sp³-hybridized carbons (Fsp3) is 0.500. The average molecular weight is 344 g/mol. The van der Waals surface area contributed by atoms with Gasteiger partial charge in [-0.25, -0.2) is 0 Å². The van der Waals surface area contributed by atoms with E-state index in [2.05, 4.69) is 28.2 Å². The highest BCUT2D eigenvalue weighted by Crippen LogP contribution is 2.30. The number of amides is 1. The molecule has 1 aliphatic rings. The van der Waals surface area contributed by atoms with Gasteiger partial charge in [-0.3, -0.25) is 4.79 Å². The number of rotatable bonds is 4. The molecule has 1 aliphatic carbocycles. The third kappa shape index (κ3) is 3.89. The lowest BCUT2D eigenvalue weighted by atomic mass is 10.1. The summed E-state index contributed by atoms with van der Waals surface area (Å²) < 4.78 is 0.793. The smallest absolute Gasteiger partial charge is 0.255 e. The number of halogens is 1. The van der Waals surface area contributed by atoms with Crippen LogP contribution in [0.1, 0.15) is 36.5 Å². The van der Waals surface area contributed by atoms with Gasteiger partial charge in [-0.05, 0) is 43.2 Å². The zero-order chi connectivity index (χ0) is 13.8. The van der Waals surface area contributed by atoms with Crippen molar-refractivity contribution in [2.75, 3.05) is 5.75 Å². The molecule has 1 aromatic carbocycles. The Balaban J connectivity index is 1.96. The van der Waals surface area contributed by atoms with Crippen LogP contribution in [0.25, 0.3) is 0 Å². The number of hydrogen-bond donors (Lipinski definition) is 2. The topological polar surface area (TPSA) is 49.3 Å². The lowest BCUT2D eigenvalue weighted by molar-refractivity contribution is 0.0935. The molecule has 0 aliphatic heterocycles. The number of aromatic hydroxyl groups is 1. The van der Waals surface area contributed by atoms with Crippen LogP contribution in [0.2, 0.25) is 0 Å². The van der Waals surface area contributed by atoms with Crippen LogP contribution in [0.15, 0.2) is 22.7 Å². The zero-order valence-corrected chi connectivity index (χ0v) is 13.3. The Morgan fingerprint density at radius 1 is 1.53 bits per heavy atom. The van der Waals surface area contributed by atoms with Crippen molar-refractivity contribution in [3.63, 3.8) is 0 Å². The number of carbonyl (C=O) groups is 1. The predicted molar refractivity (Wildman–Crippen MR) is 82.8 cm³/mol. The highest BCUT2D eigenvalue weighted by atomic mass is 79.9. The SMILES string of the molecule is CCSC1CCC(NC(=O)c2cc(Br)ccc2O)C1. The van der Waals surface area contributed by atoms with Crippen molar-refractivity contribution < 1.29 is 9.90 Å². The Labute approximate surface area is 126 Å². The molecular weight excluding hydrogens is 326 g/mol. The van der Waals surface area contributed by atoms with Crippen molar-refractivity contribution in [3.8, 4) is 5.75 Å². The van der Waals surface area contributed by atoms with Gasteiger partial charge in [0.1, 0.15) is 5.75 Å². The molecule has 0 radical (unpaired) electrons. The van der Waals surface area contributed by atoms with E-state index in [1.54, 1.807) is 12.1 Å². The van der Waals surface area contributed by atoms with Gasteiger partial charge < -0.3 is 10.4 Å². The minimum absolute atomic E-state index is 0.0261. The van der Waals surface area contributed by atoms with Gasteiger partial charge in [-0.15, -0.1) is 0 Å². The highest BCUT2D eigenvalue weighted by molar-refractivity contribution is 9.10. The van der Waals surface area contributed by atoms with Crippen LogP contribution in [0.3, 0.4) is 0 Å². The van der Waals surface area contributed by atoms with Gasteiger partial charge in [0.25, 0.3) is 5.91 Å². The molecule has 1 aromatic rings. The first-order valence-corrected chi connectivity index (χ1v) is 8.35. The number of benzene rings is 1. The van der Waals surface area contributed by atoms with Gasteiger partial charge in [-0.1, -0.05) is 22.9 Å². The number of phenolic OH excluding ortho intramolecular Hbond substituents is 1. The number of thioether (sulfide) groups is 1. The first kappa shape index (κ1) is 14.7. The van der Waals surface area contributed by atoms with E-state index in [0.29, 0.717) is 10.8 Å². The molecule has 104 valence electrons. The Kier molecular flexibility index (Phi) is 5.16. The van der Waals surface area contributed by atoms with E-state index in [4.69, 9.17) is 0 Å². The average Bonchev–Trinajstić information content (AvgIpc) is 2.80. The molecule has 1 amide bonds. The normalized spacial score (nSPS) is 22.4. The molecule has 1 fully saturated rings. The quantitative estimate of drug-likeness (QED) is 0.878. The Bertz CT molecular complexity index is 467. The Morgan fingerprint density at radius 2 is 2.32 bits per heavy atom. The van der Waals surface area contributed by atoms with Crippen LogP contribution < -0.4 is 5.32 Å². The maximum Gasteiger partial charge on any atom is 0.255 e. The summed E-state index contributed by atoms with van der Waals surface area (Å²) >= 11 is 5.28. The number of carbonyl (C=O) groups excluding carboxylic acids is 1. The Hall–Kier alpha value is -0.680. The van der Waals surface area contributed by atoms with Gasteiger partial charge >= 0.3 is 0 Å². The third-order valence-corrected chi connectivity index (χ3v) is 5.05. The van der Waals surface area contributed by atoms with Crippen molar-refractivity contribution in [1.82, 2.24) is 5.32 Å². The summed E-state index contributed by atoms with van der Waals surface area (Å²) in [5.41, 5.74) is 0.334. The lowest BCUT2D eigenvalue weighted by Gasteiger charge is -2.14. The minimum atomic E-state index is -0.189. The summed E-state index contributed by atoms with van der Waals surface area (Å²) in [6.07, 6.45) is 3.21. The van der Waals surface area contributed by atoms with E-state index >= 15 is 0 Å². The van der Waals surface area contributed by atoms with Crippen molar-refractivity contribution in [2.45, 2.75) is 37.5 Å². The summed E-state index contributed by atoms with van der Waals surface area (Å²) in [5.74, 6) is 0.960. The maximum absolute atomic E-state index is 12.1. The van der Waals surface area contributed by atoms with Crippen molar-refractivity contribution in [1.29, 1.82) is 0 Å². The van der Waals surface area contributed by atoms with E-state index < -0.39 is 0 Å². The first-order valence-electron chi connectivity index (χ1n) is 6.51. The molecular formula is C14H18BrNO2S. The van der Waals surface area contributed by atoms with E-state index in [1.807, 2.05) is 11.8 Å². The summed E-state index contributed by atoms with van der Waals surface area (Å²) in [4.78, 5) is 12.1. The van der Waals surface area contributed by atoms with Crippen molar-refractivity contribution in [3.05, 3.63) is 28.2 Å². The molecule has 1 saturated carbocycles. The molecule has 0 saturated heterocycles. The standard InChI is InChI=1S/C14H18BrNO2S/c1-2-19-11-5-4-10(8-11)16-14(18)12-7-9(15)3-6-13(12)17/h3,6-7,10-11,17H,2,4-5,8H2,1H3,(H,16,18). The monoisotopic (exact) mass is 343 g/mol. The molecule has 0 aromatic heterocycles. The molecule has 2 unspecified atom stereocenters. The number of nitrogens with one attached hydrogen (secondary N) is 1. The second-order valence-electron chi connectivity index (χ2n) is 4.72. The van der Waals surface area contributed by atoms with E-state index in [1.165, 1.54) is 6.07 Å². The fourth-order valence-electron chi connectivity index (χ4n) is 2.41. The Morgan fingerprint density at radius 3 is 3.05 bits per heavy atom. The molecule has 5 heteroatoms. The molecule has 0 heterocycles. The van der Waals surface area contributed by atoms with Gasteiger partial charge in [0, 0.05) is 15.8 Å². The number of hydrogen-bond acceptors (Lipinski definition) is 3. The van der Waals surface area contributed by atoms with Gasteiger partial charge in [0.15, 0.2) is 0 Å². The van der Waals surface area contributed by atoms with Crippen LogP contribution in [0, 0.1) is 0 Å². The largest absolute Gasteiger partial charge is 0.507 e. The van der Waals surface area contributed by atoms with Crippen molar-refractivity contribution in [2.24, 2.45) is 0 Å². The third-order valence-electron chi connectivity index (χ3n) is 3.33. The first-order chi connectivity index (χ1) is 9.10. The molecule has 3 nitrogen and oxygen atoms in total. The lowest BCUT2D eigenvalue weighted by Crippen LogP contribution is -2.33. The van der Waals surface area contributed by atoms with Crippen LogP contribution in [-0.4, -0.2) is 28.1 Å². The minimum Gasteiger partial charge on any atom is -0.507 e. The molecule has 2 N–H and O–H groups in total. The maximum atomic E-state index is 12.1. The van der Waals surface area contributed by atoms with E-state index in [9.17, 15) is 9.90 Å². The summed E-state index contributed by atoms with van der Waals surface area (Å²) in [7, 11) is 0. The van der Waals surface area contributed by atoms with E-state index in [-0.39, 0.29) is 17.7 Å². The fourth-order valence-corrected chi connectivity index (χ4v) is 3.92. The molecule has 0 bridgehead atoms. The number of phenols is 1. The van der Waals surface area contributed by atoms with Crippen LogP contribution in [0.4, 0.5) is 0 Å². The highest BCUT2D eigenvalue weighted by Gasteiger charge is 2.26. The van der Waals surface area contributed by atoms with Crippen LogP contribution in [0.5, 0.6) is 5.75 Å². The predicted octanol–water partition coefficient (Wildman–Crippen LogP) is 3.56. The summed E-state index contributed by atoms with van der Waals surface area (Å²) in [5, 5.41) is 13.4.